The lowest BCUT2D eigenvalue weighted by Crippen LogP contribution is -2.13. The zero-order valence-electron chi connectivity index (χ0n) is 10.7. The van der Waals surface area contributed by atoms with Gasteiger partial charge >= 0.3 is 0 Å². The summed E-state index contributed by atoms with van der Waals surface area (Å²) in [5.74, 6) is 0. The number of hydrogen-bond acceptors (Lipinski definition) is 4. The number of rotatable bonds is 3. The van der Waals surface area contributed by atoms with Crippen molar-refractivity contribution in [3.63, 3.8) is 0 Å². The average molecular weight is 396 g/mol. The molecule has 0 saturated heterocycles. The van der Waals surface area contributed by atoms with E-state index in [0.29, 0.717) is 20.2 Å². The molecule has 0 bridgehead atoms. The number of nitrogens with two attached hydrogens (primary N) is 1. The Morgan fingerprint density at radius 3 is 2.45 bits per heavy atom. The van der Waals surface area contributed by atoms with E-state index in [1.54, 1.807) is 19.1 Å². The molecule has 0 aliphatic heterocycles. The Morgan fingerprint density at radius 2 is 1.95 bits per heavy atom. The number of nitrogens with one attached hydrogen (secondary N) is 1. The summed E-state index contributed by atoms with van der Waals surface area (Å²) in [6.07, 6.45) is 0. The van der Waals surface area contributed by atoms with Crippen molar-refractivity contribution in [3.05, 3.63) is 38.1 Å². The molecule has 4 nitrogen and oxygen atoms in total. The first-order valence-corrected chi connectivity index (χ1v) is 9.02. The third-order valence-corrected chi connectivity index (χ3v) is 6.60. The molecule has 3 N–H and O–H groups in total. The molecule has 1 aromatic carbocycles. The first-order chi connectivity index (χ1) is 9.20. The minimum atomic E-state index is -3.70. The lowest BCUT2D eigenvalue weighted by atomic mass is 10.2. The molecule has 0 unspecified atom stereocenters. The number of aryl methyl sites for hydroxylation is 2. The minimum absolute atomic E-state index is 0.159. The van der Waals surface area contributed by atoms with Crippen LogP contribution in [0.1, 0.15) is 11.1 Å². The van der Waals surface area contributed by atoms with Crippen molar-refractivity contribution in [3.8, 4) is 0 Å². The van der Waals surface area contributed by atoms with Gasteiger partial charge in [0.15, 0.2) is 0 Å². The number of hydrogen-bond donors (Lipinski definition) is 2. The van der Waals surface area contributed by atoms with Crippen molar-refractivity contribution in [2.75, 3.05) is 10.5 Å². The zero-order valence-corrected chi connectivity index (χ0v) is 14.7. The summed E-state index contributed by atoms with van der Waals surface area (Å²) in [5.41, 5.74) is 8.22. The van der Waals surface area contributed by atoms with Crippen LogP contribution in [0.4, 0.5) is 11.4 Å². The molecule has 20 heavy (non-hydrogen) atoms. The molecule has 0 atom stereocenters. The van der Waals surface area contributed by atoms with E-state index in [-0.39, 0.29) is 4.21 Å². The Hall–Kier alpha value is -0.760. The maximum atomic E-state index is 12.3. The molecular weight excluding hydrogens is 384 g/mol. The van der Waals surface area contributed by atoms with Gasteiger partial charge in [-0.3, -0.25) is 4.72 Å². The van der Waals surface area contributed by atoms with Crippen LogP contribution in [-0.4, -0.2) is 8.42 Å². The summed E-state index contributed by atoms with van der Waals surface area (Å²) in [6, 6.07) is 5.03. The van der Waals surface area contributed by atoms with Gasteiger partial charge in [-0.05, 0) is 59.1 Å². The molecule has 0 radical (unpaired) electrons. The fraction of sp³-hybridized carbons (Fsp3) is 0.167. The predicted octanol–water partition coefficient (Wildman–Crippen LogP) is 4.16. The van der Waals surface area contributed by atoms with Gasteiger partial charge in [-0.2, -0.15) is 0 Å². The van der Waals surface area contributed by atoms with Crippen LogP contribution in [-0.2, 0) is 10.0 Å². The topological polar surface area (TPSA) is 72.2 Å². The van der Waals surface area contributed by atoms with E-state index in [1.807, 2.05) is 6.92 Å². The highest BCUT2D eigenvalue weighted by molar-refractivity contribution is 9.10. The Bertz CT molecular complexity index is 729. The molecule has 2 rings (SSSR count). The lowest BCUT2D eigenvalue weighted by Gasteiger charge is -2.12. The van der Waals surface area contributed by atoms with E-state index in [4.69, 9.17) is 17.3 Å². The van der Waals surface area contributed by atoms with Crippen LogP contribution in [0.5, 0.6) is 0 Å². The van der Waals surface area contributed by atoms with Crippen LogP contribution in [0.2, 0.25) is 4.34 Å². The highest BCUT2D eigenvalue weighted by atomic mass is 79.9. The molecule has 0 spiro atoms. The van der Waals surface area contributed by atoms with Crippen molar-refractivity contribution >= 4 is 60.3 Å². The second kappa shape index (κ2) is 5.55. The third-order valence-electron chi connectivity index (χ3n) is 2.60. The minimum Gasteiger partial charge on any atom is -0.397 e. The summed E-state index contributed by atoms with van der Waals surface area (Å²) >= 11 is 10.2. The van der Waals surface area contributed by atoms with Crippen LogP contribution in [0.3, 0.4) is 0 Å². The van der Waals surface area contributed by atoms with E-state index in [9.17, 15) is 8.42 Å². The second-order valence-electron chi connectivity index (χ2n) is 4.34. The summed E-state index contributed by atoms with van der Waals surface area (Å²) in [6.45, 7) is 3.63. The molecule has 0 saturated carbocycles. The summed E-state index contributed by atoms with van der Waals surface area (Å²) in [4.78, 5) is 0. The molecule has 8 heteroatoms. The molecule has 108 valence electrons. The molecule has 2 aromatic rings. The number of halogens is 2. The maximum Gasteiger partial charge on any atom is 0.271 e. The molecular formula is C12H12BrClN2O2S2. The fourth-order valence-electron chi connectivity index (χ4n) is 1.63. The lowest BCUT2D eigenvalue weighted by molar-refractivity contribution is 0.603. The van der Waals surface area contributed by atoms with Crippen LogP contribution in [0.25, 0.3) is 0 Å². The third kappa shape index (κ3) is 3.11. The highest BCUT2D eigenvalue weighted by Crippen LogP contribution is 2.35. The largest absolute Gasteiger partial charge is 0.397 e. The van der Waals surface area contributed by atoms with Gasteiger partial charge in [-0.15, -0.1) is 11.3 Å². The van der Waals surface area contributed by atoms with Crippen LogP contribution < -0.4 is 10.5 Å². The normalized spacial score (nSPS) is 11.6. The van der Waals surface area contributed by atoms with Gasteiger partial charge in [-0.25, -0.2) is 8.42 Å². The smallest absolute Gasteiger partial charge is 0.271 e. The number of sulfonamides is 1. The molecule has 1 aromatic heterocycles. The van der Waals surface area contributed by atoms with Crippen LogP contribution in [0.15, 0.2) is 26.9 Å². The number of anilines is 2. The van der Waals surface area contributed by atoms with E-state index in [1.165, 1.54) is 6.07 Å². The molecule has 0 aliphatic rings. The van der Waals surface area contributed by atoms with Gasteiger partial charge in [0, 0.05) is 4.47 Å². The van der Waals surface area contributed by atoms with E-state index >= 15 is 0 Å². The first-order valence-electron chi connectivity index (χ1n) is 5.55. The van der Waals surface area contributed by atoms with Crippen molar-refractivity contribution in [2.45, 2.75) is 18.1 Å². The monoisotopic (exact) mass is 394 g/mol. The summed E-state index contributed by atoms with van der Waals surface area (Å²) in [5, 5.41) is 0. The number of benzene rings is 1. The predicted molar refractivity (Wildman–Crippen MR) is 88.2 cm³/mol. The molecule has 0 fully saturated rings. The van der Waals surface area contributed by atoms with Gasteiger partial charge in [0.25, 0.3) is 10.0 Å². The highest BCUT2D eigenvalue weighted by Gasteiger charge is 2.21. The van der Waals surface area contributed by atoms with Gasteiger partial charge < -0.3 is 5.73 Å². The van der Waals surface area contributed by atoms with Crippen LogP contribution in [0, 0.1) is 13.8 Å². The number of nitrogen functional groups attached to an aromatic ring is 1. The molecule has 0 amide bonds. The Kier molecular flexibility index (Phi) is 4.34. The van der Waals surface area contributed by atoms with Gasteiger partial charge in [-0.1, -0.05) is 11.6 Å². The van der Waals surface area contributed by atoms with E-state index in [0.717, 1.165) is 22.5 Å². The maximum absolute atomic E-state index is 12.3. The Labute approximate surface area is 135 Å². The second-order valence-corrected chi connectivity index (χ2v) is 8.76. The summed E-state index contributed by atoms with van der Waals surface area (Å²) in [7, 11) is -3.70. The zero-order chi connectivity index (χ0) is 15.1. The average Bonchev–Trinajstić information content (AvgIpc) is 2.65. The summed E-state index contributed by atoms with van der Waals surface area (Å²) < 4.78 is 28.3. The van der Waals surface area contributed by atoms with E-state index in [2.05, 4.69) is 20.7 Å². The standard InChI is InChI=1S/C12H12BrClN2O2S2/c1-6-3-8(13)11(9(15)4-6)16-20(17,18)10-5-7(2)12(14)19-10/h3-5,16H,15H2,1-2H3. The Morgan fingerprint density at radius 1 is 1.30 bits per heavy atom. The molecule has 1 heterocycles. The fourth-order valence-corrected chi connectivity index (χ4v) is 5.26. The van der Waals surface area contributed by atoms with Crippen molar-refractivity contribution in [1.82, 2.24) is 0 Å². The Balaban J connectivity index is 2.43. The quantitative estimate of drug-likeness (QED) is 0.766. The van der Waals surface area contributed by atoms with E-state index < -0.39 is 10.0 Å². The van der Waals surface area contributed by atoms with Gasteiger partial charge in [0.2, 0.25) is 0 Å². The van der Waals surface area contributed by atoms with Crippen molar-refractivity contribution in [2.24, 2.45) is 0 Å². The molecule has 0 aliphatic carbocycles. The van der Waals surface area contributed by atoms with Crippen molar-refractivity contribution in [1.29, 1.82) is 0 Å². The van der Waals surface area contributed by atoms with Gasteiger partial charge in [0.1, 0.15) is 4.21 Å². The van der Waals surface area contributed by atoms with Crippen molar-refractivity contribution < 1.29 is 8.42 Å². The first kappa shape index (κ1) is 15.6. The SMILES string of the molecule is Cc1cc(N)c(NS(=O)(=O)c2cc(C)c(Cl)s2)c(Br)c1. The van der Waals surface area contributed by atoms with Crippen LogP contribution >= 0.6 is 38.9 Å². The van der Waals surface area contributed by atoms with Gasteiger partial charge in [0.05, 0.1) is 15.7 Å². The number of thiophene rings is 1.